The number of nitrogens with zero attached hydrogens (tertiary/aromatic N) is 2. The Morgan fingerprint density at radius 1 is 1.25 bits per heavy atom. The van der Waals surface area contributed by atoms with Crippen LogP contribution >= 0.6 is 0 Å². The summed E-state index contributed by atoms with van der Waals surface area (Å²) in [6.45, 7) is 5.81. The van der Waals surface area contributed by atoms with Gasteiger partial charge < -0.3 is 9.64 Å². The van der Waals surface area contributed by atoms with Crippen molar-refractivity contribution < 1.29 is 9.53 Å². The van der Waals surface area contributed by atoms with E-state index in [4.69, 9.17) is 4.74 Å². The van der Waals surface area contributed by atoms with Crippen molar-refractivity contribution >= 4 is 5.97 Å². The van der Waals surface area contributed by atoms with Crippen LogP contribution in [0.25, 0.3) is 0 Å². The van der Waals surface area contributed by atoms with Crippen LogP contribution in [0, 0.1) is 0 Å². The van der Waals surface area contributed by atoms with Gasteiger partial charge in [-0.05, 0) is 45.3 Å². The zero-order valence-electron chi connectivity index (χ0n) is 10.2. The second-order valence-corrected chi connectivity index (χ2v) is 4.77. The molecule has 0 radical (unpaired) electrons. The van der Waals surface area contributed by atoms with Gasteiger partial charge in [-0.25, -0.2) is 0 Å². The highest BCUT2D eigenvalue weighted by Gasteiger charge is 2.34. The van der Waals surface area contributed by atoms with E-state index in [1.54, 1.807) is 0 Å². The number of hydrogen-bond donors (Lipinski definition) is 0. The van der Waals surface area contributed by atoms with Crippen molar-refractivity contribution in [2.45, 2.75) is 31.7 Å². The lowest BCUT2D eigenvalue weighted by Gasteiger charge is -2.38. The number of rotatable bonds is 5. The fourth-order valence-corrected chi connectivity index (χ4v) is 2.62. The molecule has 2 heterocycles. The van der Waals surface area contributed by atoms with Crippen molar-refractivity contribution in [2.24, 2.45) is 0 Å². The number of carbonyl (C=O) groups excluding carboxylic acids is 1. The van der Waals surface area contributed by atoms with Gasteiger partial charge in [0.15, 0.2) is 0 Å². The molecule has 2 fully saturated rings. The third kappa shape index (κ3) is 2.74. The summed E-state index contributed by atoms with van der Waals surface area (Å²) in [4.78, 5) is 16.1. The third-order valence-electron chi connectivity index (χ3n) is 3.72. The Bertz CT molecular complexity index is 239. The number of carbonyl (C=O) groups is 1. The molecule has 1 atom stereocenters. The number of likely N-dealkylation sites (tertiary alicyclic amines) is 2. The molecule has 92 valence electrons. The van der Waals surface area contributed by atoms with Crippen LogP contribution in [-0.4, -0.2) is 61.6 Å². The Labute approximate surface area is 97.5 Å². The van der Waals surface area contributed by atoms with Crippen molar-refractivity contribution in [3.63, 3.8) is 0 Å². The normalized spacial score (nSPS) is 26.7. The quantitative estimate of drug-likeness (QED) is 0.647. The van der Waals surface area contributed by atoms with E-state index in [0.717, 1.165) is 19.5 Å². The highest BCUT2D eigenvalue weighted by Crippen LogP contribution is 2.19. The molecule has 0 aliphatic carbocycles. The van der Waals surface area contributed by atoms with Gasteiger partial charge in [0, 0.05) is 13.1 Å². The predicted octanol–water partition coefficient (Wildman–Crippen LogP) is 0.720. The van der Waals surface area contributed by atoms with Crippen LogP contribution < -0.4 is 0 Å². The van der Waals surface area contributed by atoms with Crippen molar-refractivity contribution in [3.05, 3.63) is 0 Å². The molecule has 0 aromatic carbocycles. The molecule has 0 aromatic heterocycles. The molecule has 0 bridgehead atoms. The first-order chi connectivity index (χ1) is 7.81. The number of ether oxygens (including phenoxy) is 1. The highest BCUT2D eigenvalue weighted by molar-refractivity contribution is 5.76. The van der Waals surface area contributed by atoms with Crippen molar-refractivity contribution in [3.8, 4) is 0 Å². The number of hydrogen-bond acceptors (Lipinski definition) is 4. The Morgan fingerprint density at radius 3 is 2.56 bits per heavy atom. The van der Waals surface area contributed by atoms with Crippen LogP contribution in [-0.2, 0) is 9.53 Å². The molecule has 0 aromatic rings. The number of methoxy groups -OCH3 is 1. The Morgan fingerprint density at radius 2 is 2.00 bits per heavy atom. The summed E-state index contributed by atoms with van der Waals surface area (Å²) in [5, 5.41) is 0. The van der Waals surface area contributed by atoms with Crippen molar-refractivity contribution in [1.29, 1.82) is 0 Å². The lowest BCUT2D eigenvalue weighted by Crippen LogP contribution is -2.53. The zero-order chi connectivity index (χ0) is 11.4. The summed E-state index contributed by atoms with van der Waals surface area (Å²) in [5.74, 6) is -0.0626. The van der Waals surface area contributed by atoms with E-state index in [9.17, 15) is 4.79 Å². The summed E-state index contributed by atoms with van der Waals surface area (Å²) in [5.41, 5.74) is 0. The van der Waals surface area contributed by atoms with Crippen LogP contribution in [0.1, 0.15) is 25.7 Å². The molecule has 2 rings (SSSR count). The molecule has 2 saturated heterocycles. The molecule has 1 unspecified atom stereocenters. The maximum absolute atomic E-state index is 11.3. The molecular weight excluding hydrogens is 204 g/mol. The second kappa shape index (κ2) is 5.64. The van der Waals surface area contributed by atoms with E-state index < -0.39 is 0 Å². The van der Waals surface area contributed by atoms with Crippen LogP contribution in [0.5, 0.6) is 0 Å². The maximum atomic E-state index is 11.3. The molecule has 2 aliphatic rings. The minimum atomic E-state index is -0.0626. The first-order valence-electron chi connectivity index (χ1n) is 6.35. The molecule has 0 spiro atoms. The standard InChI is InChI=1S/C12H22N2O2/c1-16-12(15)11-5-10-14(11)9-4-8-13-6-2-3-7-13/h11H,2-10H2,1H3. The van der Waals surface area contributed by atoms with E-state index in [-0.39, 0.29) is 12.0 Å². The van der Waals surface area contributed by atoms with Gasteiger partial charge in [-0.1, -0.05) is 0 Å². The molecular formula is C12H22N2O2. The zero-order valence-corrected chi connectivity index (χ0v) is 10.2. The van der Waals surface area contributed by atoms with Crippen LogP contribution in [0.15, 0.2) is 0 Å². The average Bonchev–Trinajstić information content (AvgIpc) is 2.75. The van der Waals surface area contributed by atoms with E-state index >= 15 is 0 Å². The van der Waals surface area contributed by atoms with Gasteiger partial charge in [-0.2, -0.15) is 0 Å². The highest BCUT2D eigenvalue weighted by atomic mass is 16.5. The van der Waals surface area contributed by atoms with E-state index in [1.807, 2.05) is 0 Å². The Hall–Kier alpha value is -0.610. The van der Waals surface area contributed by atoms with E-state index in [1.165, 1.54) is 46.0 Å². The fourth-order valence-electron chi connectivity index (χ4n) is 2.62. The maximum Gasteiger partial charge on any atom is 0.323 e. The predicted molar refractivity (Wildman–Crippen MR) is 62.3 cm³/mol. The first kappa shape index (κ1) is 11.9. The largest absolute Gasteiger partial charge is 0.468 e. The van der Waals surface area contributed by atoms with E-state index in [2.05, 4.69) is 9.80 Å². The lowest BCUT2D eigenvalue weighted by molar-refractivity contribution is -0.151. The number of esters is 1. The van der Waals surface area contributed by atoms with Crippen LogP contribution in [0.3, 0.4) is 0 Å². The average molecular weight is 226 g/mol. The third-order valence-corrected chi connectivity index (χ3v) is 3.72. The molecule has 2 aliphatic heterocycles. The molecule has 0 amide bonds. The molecule has 16 heavy (non-hydrogen) atoms. The Balaban J connectivity index is 1.60. The van der Waals surface area contributed by atoms with Gasteiger partial charge in [0.25, 0.3) is 0 Å². The minimum absolute atomic E-state index is 0.0450. The Kier molecular flexibility index (Phi) is 4.18. The smallest absolute Gasteiger partial charge is 0.323 e. The van der Waals surface area contributed by atoms with Gasteiger partial charge in [-0.3, -0.25) is 9.69 Å². The summed E-state index contributed by atoms with van der Waals surface area (Å²) < 4.78 is 4.77. The molecule has 4 nitrogen and oxygen atoms in total. The van der Waals surface area contributed by atoms with Crippen molar-refractivity contribution in [1.82, 2.24) is 9.80 Å². The van der Waals surface area contributed by atoms with Crippen LogP contribution in [0.4, 0.5) is 0 Å². The minimum Gasteiger partial charge on any atom is -0.468 e. The summed E-state index contributed by atoms with van der Waals surface area (Å²) in [6.07, 6.45) is 4.85. The summed E-state index contributed by atoms with van der Waals surface area (Å²) >= 11 is 0. The lowest BCUT2D eigenvalue weighted by atomic mass is 10.0. The van der Waals surface area contributed by atoms with Gasteiger partial charge >= 0.3 is 5.97 Å². The van der Waals surface area contributed by atoms with Gasteiger partial charge in [0.2, 0.25) is 0 Å². The van der Waals surface area contributed by atoms with Crippen molar-refractivity contribution in [2.75, 3.05) is 39.8 Å². The van der Waals surface area contributed by atoms with Gasteiger partial charge in [0.1, 0.15) is 6.04 Å². The van der Waals surface area contributed by atoms with Crippen LogP contribution in [0.2, 0.25) is 0 Å². The van der Waals surface area contributed by atoms with Gasteiger partial charge in [0.05, 0.1) is 7.11 Å². The topological polar surface area (TPSA) is 32.8 Å². The fraction of sp³-hybridized carbons (Fsp3) is 0.917. The summed E-state index contributed by atoms with van der Waals surface area (Å²) in [7, 11) is 1.48. The van der Waals surface area contributed by atoms with E-state index in [0.29, 0.717) is 0 Å². The first-order valence-corrected chi connectivity index (χ1v) is 6.35. The monoisotopic (exact) mass is 226 g/mol. The molecule has 0 N–H and O–H groups in total. The van der Waals surface area contributed by atoms with Gasteiger partial charge in [-0.15, -0.1) is 0 Å². The SMILES string of the molecule is COC(=O)C1CCN1CCCN1CCCC1. The molecule has 0 saturated carbocycles. The summed E-state index contributed by atoms with van der Waals surface area (Å²) in [6, 6.07) is 0.0450. The second-order valence-electron chi connectivity index (χ2n) is 4.77. The molecule has 4 heteroatoms.